The fourth-order valence-electron chi connectivity index (χ4n) is 3.06. The van der Waals surface area contributed by atoms with E-state index in [9.17, 15) is 9.59 Å². The van der Waals surface area contributed by atoms with Crippen LogP contribution in [-0.2, 0) is 0 Å². The Balaban J connectivity index is 1.80. The van der Waals surface area contributed by atoms with Gasteiger partial charge in [-0.3, -0.25) is 9.59 Å². The standard InChI is InChI=1S/C23H28N2O2/c1-14(2)16-8-11-20(21(13-16)15(3)4)23(27)25-19-7-5-6-17(12-19)22(26)24-18-9-10-18/h5-8,11-15,18H,9-10H2,1-4H3,(H,24,26)(H,25,27). The van der Waals surface area contributed by atoms with E-state index in [1.165, 1.54) is 5.56 Å². The molecule has 142 valence electrons. The number of carbonyl (C=O) groups excluding carboxylic acids is 2. The molecule has 4 nitrogen and oxygen atoms in total. The van der Waals surface area contributed by atoms with Gasteiger partial charge in [-0.25, -0.2) is 0 Å². The largest absolute Gasteiger partial charge is 0.349 e. The molecular weight excluding hydrogens is 336 g/mol. The lowest BCUT2D eigenvalue weighted by atomic mass is 9.91. The van der Waals surface area contributed by atoms with Crippen LogP contribution >= 0.6 is 0 Å². The molecule has 0 saturated heterocycles. The second-order valence-electron chi connectivity index (χ2n) is 7.94. The molecule has 0 spiro atoms. The molecule has 0 atom stereocenters. The van der Waals surface area contributed by atoms with E-state index in [1.807, 2.05) is 18.2 Å². The van der Waals surface area contributed by atoms with Crippen LogP contribution in [0, 0.1) is 0 Å². The quantitative estimate of drug-likeness (QED) is 0.751. The minimum atomic E-state index is -0.145. The first-order chi connectivity index (χ1) is 12.8. The van der Waals surface area contributed by atoms with Gasteiger partial charge in [0.15, 0.2) is 0 Å². The van der Waals surface area contributed by atoms with E-state index in [4.69, 9.17) is 0 Å². The monoisotopic (exact) mass is 364 g/mol. The van der Waals surface area contributed by atoms with Gasteiger partial charge in [0.25, 0.3) is 11.8 Å². The summed E-state index contributed by atoms with van der Waals surface area (Å²) in [6, 6.07) is 13.5. The van der Waals surface area contributed by atoms with Crippen LogP contribution < -0.4 is 10.6 Å². The zero-order valence-corrected chi connectivity index (χ0v) is 16.5. The molecule has 2 N–H and O–H groups in total. The number of hydrogen-bond acceptors (Lipinski definition) is 2. The van der Waals surface area contributed by atoms with Crippen molar-refractivity contribution in [3.8, 4) is 0 Å². The van der Waals surface area contributed by atoms with Crippen LogP contribution in [0.1, 0.15) is 84.2 Å². The molecule has 0 bridgehead atoms. The maximum Gasteiger partial charge on any atom is 0.255 e. The van der Waals surface area contributed by atoms with E-state index in [1.54, 1.807) is 18.2 Å². The molecule has 1 aliphatic carbocycles. The Morgan fingerprint density at radius 1 is 0.926 bits per heavy atom. The summed E-state index contributed by atoms with van der Waals surface area (Å²) in [6.45, 7) is 8.49. The average Bonchev–Trinajstić information content (AvgIpc) is 3.45. The predicted octanol–water partition coefficient (Wildman–Crippen LogP) is 5.08. The maximum absolute atomic E-state index is 12.9. The highest BCUT2D eigenvalue weighted by molar-refractivity contribution is 6.06. The van der Waals surface area contributed by atoms with Crippen molar-refractivity contribution in [1.82, 2.24) is 5.32 Å². The SMILES string of the molecule is CC(C)c1ccc(C(=O)Nc2cccc(C(=O)NC3CC3)c2)c(C(C)C)c1. The molecule has 0 aromatic heterocycles. The van der Waals surface area contributed by atoms with Gasteiger partial charge in [0, 0.05) is 22.9 Å². The molecule has 4 heteroatoms. The Morgan fingerprint density at radius 3 is 2.30 bits per heavy atom. The van der Waals surface area contributed by atoms with E-state index >= 15 is 0 Å². The smallest absolute Gasteiger partial charge is 0.255 e. The molecule has 2 aromatic rings. The Morgan fingerprint density at radius 2 is 1.67 bits per heavy atom. The van der Waals surface area contributed by atoms with E-state index < -0.39 is 0 Å². The minimum Gasteiger partial charge on any atom is -0.349 e. The molecule has 2 amide bonds. The first-order valence-electron chi connectivity index (χ1n) is 9.71. The fraction of sp³-hybridized carbons (Fsp3) is 0.391. The summed E-state index contributed by atoms with van der Waals surface area (Å²) < 4.78 is 0. The van der Waals surface area contributed by atoms with Crippen LogP contribution in [0.2, 0.25) is 0 Å². The first kappa shape index (κ1) is 19.2. The van der Waals surface area contributed by atoms with Crippen molar-refractivity contribution in [3.05, 3.63) is 64.7 Å². The van der Waals surface area contributed by atoms with Gasteiger partial charge in [-0.15, -0.1) is 0 Å². The van der Waals surface area contributed by atoms with Gasteiger partial charge in [0.1, 0.15) is 0 Å². The third kappa shape index (κ3) is 4.76. The maximum atomic E-state index is 12.9. The number of amides is 2. The molecule has 3 rings (SSSR count). The number of rotatable bonds is 6. The van der Waals surface area contributed by atoms with Gasteiger partial charge in [0.05, 0.1) is 0 Å². The Hall–Kier alpha value is -2.62. The summed E-state index contributed by atoms with van der Waals surface area (Å²) in [5, 5.41) is 5.92. The number of anilines is 1. The van der Waals surface area contributed by atoms with Crippen LogP contribution in [0.25, 0.3) is 0 Å². The highest BCUT2D eigenvalue weighted by atomic mass is 16.2. The summed E-state index contributed by atoms with van der Waals surface area (Å²) >= 11 is 0. The number of benzene rings is 2. The number of hydrogen-bond donors (Lipinski definition) is 2. The lowest BCUT2D eigenvalue weighted by molar-refractivity contribution is 0.0949. The van der Waals surface area contributed by atoms with Crippen molar-refractivity contribution in [2.75, 3.05) is 5.32 Å². The second kappa shape index (κ2) is 7.95. The van der Waals surface area contributed by atoms with Crippen molar-refractivity contribution < 1.29 is 9.59 Å². The lowest BCUT2D eigenvalue weighted by Gasteiger charge is -2.16. The van der Waals surface area contributed by atoms with Gasteiger partial charge in [-0.2, -0.15) is 0 Å². The fourth-order valence-corrected chi connectivity index (χ4v) is 3.06. The average molecular weight is 364 g/mol. The first-order valence-corrected chi connectivity index (χ1v) is 9.71. The molecule has 27 heavy (non-hydrogen) atoms. The zero-order chi connectivity index (χ0) is 19.6. The number of carbonyl (C=O) groups is 2. The van der Waals surface area contributed by atoms with Crippen LogP contribution in [0.15, 0.2) is 42.5 Å². The van der Waals surface area contributed by atoms with Gasteiger partial charge in [-0.1, -0.05) is 45.9 Å². The highest BCUT2D eigenvalue weighted by Crippen LogP contribution is 2.26. The van der Waals surface area contributed by atoms with E-state index in [-0.39, 0.29) is 17.7 Å². The molecule has 1 fully saturated rings. The lowest BCUT2D eigenvalue weighted by Crippen LogP contribution is -2.25. The third-order valence-corrected chi connectivity index (χ3v) is 4.90. The van der Waals surface area contributed by atoms with Crippen molar-refractivity contribution in [2.45, 2.75) is 58.4 Å². The summed E-state index contributed by atoms with van der Waals surface area (Å²) in [5.74, 6) is 0.438. The van der Waals surface area contributed by atoms with Crippen molar-refractivity contribution in [2.24, 2.45) is 0 Å². The topological polar surface area (TPSA) is 58.2 Å². The van der Waals surface area contributed by atoms with Crippen LogP contribution in [0.5, 0.6) is 0 Å². The predicted molar refractivity (Wildman–Crippen MR) is 110 cm³/mol. The molecule has 1 saturated carbocycles. The van der Waals surface area contributed by atoms with E-state index in [0.29, 0.717) is 28.8 Å². The second-order valence-corrected chi connectivity index (χ2v) is 7.94. The van der Waals surface area contributed by atoms with E-state index in [0.717, 1.165) is 18.4 Å². The van der Waals surface area contributed by atoms with Crippen molar-refractivity contribution in [1.29, 1.82) is 0 Å². The van der Waals surface area contributed by atoms with Crippen LogP contribution in [0.3, 0.4) is 0 Å². The van der Waals surface area contributed by atoms with E-state index in [2.05, 4.69) is 44.4 Å². The van der Waals surface area contributed by atoms with Gasteiger partial charge in [-0.05, 0) is 60.1 Å². The molecule has 0 heterocycles. The van der Waals surface area contributed by atoms with Gasteiger partial charge >= 0.3 is 0 Å². The molecule has 0 aliphatic heterocycles. The minimum absolute atomic E-state index is 0.0854. The van der Waals surface area contributed by atoms with Crippen molar-refractivity contribution in [3.63, 3.8) is 0 Å². The Kier molecular flexibility index (Phi) is 5.64. The molecule has 0 unspecified atom stereocenters. The molecule has 2 aromatic carbocycles. The van der Waals surface area contributed by atoms with Gasteiger partial charge < -0.3 is 10.6 Å². The van der Waals surface area contributed by atoms with Crippen LogP contribution in [-0.4, -0.2) is 17.9 Å². The highest BCUT2D eigenvalue weighted by Gasteiger charge is 2.24. The normalized spacial score (nSPS) is 13.7. The van der Waals surface area contributed by atoms with Crippen LogP contribution in [0.4, 0.5) is 5.69 Å². The number of nitrogens with one attached hydrogen (secondary N) is 2. The van der Waals surface area contributed by atoms with Crippen molar-refractivity contribution >= 4 is 17.5 Å². The summed E-state index contributed by atoms with van der Waals surface area (Å²) in [5.41, 5.74) is 4.16. The molecule has 0 radical (unpaired) electrons. The summed E-state index contributed by atoms with van der Waals surface area (Å²) in [4.78, 5) is 25.1. The Bertz CT molecular complexity index is 851. The zero-order valence-electron chi connectivity index (χ0n) is 16.5. The molecular formula is C23H28N2O2. The summed E-state index contributed by atoms with van der Waals surface area (Å²) in [6.07, 6.45) is 2.10. The Labute approximate surface area is 161 Å². The van der Waals surface area contributed by atoms with Gasteiger partial charge in [0.2, 0.25) is 0 Å². The summed E-state index contributed by atoms with van der Waals surface area (Å²) in [7, 11) is 0. The third-order valence-electron chi connectivity index (χ3n) is 4.90. The molecule has 1 aliphatic rings.